The SMILES string of the molecule is CC1(C)c2[nH]c(N3CCC(N4CCOCC4)CC3)nc2C(=O)c2c1[nH]c1cc(C#N)ccc21. The molecular formula is C25H28N6O2. The van der Waals surface area contributed by atoms with Gasteiger partial charge in [-0.25, -0.2) is 4.98 Å². The molecule has 6 rings (SSSR count). The van der Waals surface area contributed by atoms with Gasteiger partial charge < -0.3 is 19.6 Å². The first-order valence-electron chi connectivity index (χ1n) is 11.8. The van der Waals surface area contributed by atoms with E-state index >= 15 is 0 Å². The van der Waals surface area contributed by atoms with Crippen molar-refractivity contribution in [2.24, 2.45) is 0 Å². The zero-order chi connectivity index (χ0) is 22.7. The van der Waals surface area contributed by atoms with Crippen LogP contribution in [-0.2, 0) is 10.2 Å². The summed E-state index contributed by atoms with van der Waals surface area (Å²) in [4.78, 5) is 30.2. The van der Waals surface area contributed by atoms with E-state index < -0.39 is 5.41 Å². The van der Waals surface area contributed by atoms with Gasteiger partial charge in [0, 0.05) is 54.2 Å². The fraction of sp³-hybridized carbons (Fsp3) is 0.480. The summed E-state index contributed by atoms with van der Waals surface area (Å²) in [6, 6.07) is 8.21. The number of aromatic amines is 2. The Balaban J connectivity index is 1.30. The second-order valence-corrected chi connectivity index (χ2v) is 9.85. The van der Waals surface area contributed by atoms with Crippen molar-refractivity contribution in [3.05, 3.63) is 46.4 Å². The molecule has 1 aliphatic carbocycles. The smallest absolute Gasteiger partial charge is 0.215 e. The third-order valence-corrected chi connectivity index (χ3v) is 7.64. The van der Waals surface area contributed by atoms with Crippen LogP contribution in [0.1, 0.15) is 59.7 Å². The zero-order valence-electron chi connectivity index (χ0n) is 19.1. The molecule has 0 bridgehead atoms. The first-order chi connectivity index (χ1) is 16.0. The quantitative estimate of drug-likeness (QED) is 0.630. The van der Waals surface area contributed by atoms with Gasteiger partial charge in [0.05, 0.1) is 36.1 Å². The largest absolute Gasteiger partial charge is 0.379 e. The van der Waals surface area contributed by atoms with Crippen LogP contribution in [0.3, 0.4) is 0 Å². The summed E-state index contributed by atoms with van der Waals surface area (Å²) in [7, 11) is 0. The van der Waals surface area contributed by atoms with Crippen LogP contribution in [0, 0.1) is 11.3 Å². The minimum Gasteiger partial charge on any atom is -0.379 e. The number of piperidine rings is 1. The van der Waals surface area contributed by atoms with Crippen molar-refractivity contribution < 1.29 is 9.53 Å². The number of fused-ring (bicyclic) bond motifs is 4. The molecule has 0 unspecified atom stereocenters. The number of rotatable bonds is 2. The predicted molar refractivity (Wildman–Crippen MR) is 125 cm³/mol. The molecule has 33 heavy (non-hydrogen) atoms. The van der Waals surface area contributed by atoms with E-state index in [4.69, 9.17) is 9.72 Å². The van der Waals surface area contributed by atoms with Crippen LogP contribution in [0.2, 0.25) is 0 Å². The highest BCUT2D eigenvalue weighted by molar-refractivity contribution is 6.19. The van der Waals surface area contributed by atoms with Gasteiger partial charge in [-0.15, -0.1) is 0 Å². The van der Waals surface area contributed by atoms with Gasteiger partial charge >= 0.3 is 0 Å². The number of nitrogens with zero attached hydrogens (tertiary/aromatic N) is 4. The zero-order valence-corrected chi connectivity index (χ0v) is 19.1. The number of H-pyrrole nitrogens is 2. The minimum absolute atomic E-state index is 0.0546. The molecule has 8 heteroatoms. The van der Waals surface area contributed by atoms with Crippen LogP contribution in [0.15, 0.2) is 18.2 Å². The summed E-state index contributed by atoms with van der Waals surface area (Å²) in [5, 5.41) is 10.1. The lowest BCUT2D eigenvalue weighted by molar-refractivity contribution is 0.0114. The molecule has 0 saturated carbocycles. The molecule has 2 aliphatic heterocycles. The van der Waals surface area contributed by atoms with Crippen LogP contribution in [-0.4, -0.2) is 71.1 Å². The molecule has 2 saturated heterocycles. The highest BCUT2D eigenvalue weighted by Gasteiger charge is 2.43. The van der Waals surface area contributed by atoms with Gasteiger partial charge in [0.15, 0.2) is 0 Å². The van der Waals surface area contributed by atoms with E-state index in [2.05, 4.69) is 39.7 Å². The summed E-state index contributed by atoms with van der Waals surface area (Å²) in [6.45, 7) is 9.77. The Kier molecular flexibility index (Phi) is 4.61. The monoisotopic (exact) mass is 444 g/mol. The lowest BCUT2D eigenvalue weighted by Gasteiger charge is -2.40. The highest BCUT2D eigenvalue weighted by Crippen LogP contribution is 2.43. The standard InChI is InChI=1S/C25H28N6O2/c1-25(2)22-19(17-4-3-15(14-26)13-18(17)27-22)21(32)20-23(25)29-24(28-20)31-7-5-16(6-8-31)30-9-11-33-12-10-30/h3-4,13,16,27H,5-12H2,1-2H3,(H,28,29). The van der Waals surface area contributed by atoms with Gasteiger partial charge in [0.2, 0.25) is 11.7 Å². The van der Waals surface area contributed by atoms with Crippen molar-refractivity contribution in [1.29, 1.82) is 5.26 Å². The average molecular weight is 445 g/mol. The number of aromatic nitrogens is 3. The normalized spacial score (nSPS) is 21.1. The van der Waals surface area contributed by atoms with Gasteiger partial charge in [-0.3, -0.25) is 9.69 Å². The maximum atomic E-state index is 13.6. The van der Waals surface area contributed by atoms with E-state index in [0.29, 0.717) is 22.9 Å². The van der Waals surface area contributed by atoms with E-state index in [-0.39, 0.29) is 5.78 Å². The minimum atomic E-state index is -0.429. The fourth-order valence-corrected chi connectivity index (χ4v) is 5.73. The number of morpholine rings is 1. The topological polar surface area (TPSA) is 101 Å². The first kappa shape index (κ1) is 20.5. The third-order valence-electron chi connectivity index (χ3n) is 7.64. The summed E-state index contributed by atoms with van der Waals surface area (Å²) < 4.78 is 5.50. The van der Waals surface area contributed by atoms with E-state index in [1.165, 1.54) is 0 Å². The molecule has 170 valence electrons. The number of ether oxygens (including phenoxy) is 1. The van der Waals surface area contributed by atoms with Gasteiger partial charge in [-0.05, 0) is 38.8 Å². The number of carbonyl (C=O) groups is 1. The second-order valence-electron chi connectivity index (χ2n) is 9.85. The molecule has 1 aromatic carbocycles. The van der Waals surface area contributed by atoms with Gasteiger partial charge in [-0.2, -0.15) is 5.26 Å². The number of imidazole rings is 1. The molecule has 2 fully saturated rings. The number of hydrogen-bond acceptors (Lipinski definition) is 6. The Morgan fingerprint density at radius 2 is 1.88 bits per heavy atom. The third kappa shape index (κ3) is 3.10. The molecule has 3 aliphatic rings. The molecule has 4 heterocycles. The highest BCUT2D eigenvalue weighted by atomic mass is 16.5. The fourth-order valence-electron chi connectivity index (χ4n) is 5.73. The summed E-state index contributed by atoms with van der Waals surface area (Å²) in [5.74, 6) is 0.740. The van der Waals surface area contributed by atoms with E-state index in [0.717, 1.165) is 80.5 Å². The van der Waals surface area contributed by atoms with Crippen molar-refractivity contribution in [3.63, 3.8) is 0 Å². The summed E-state index contributed by atoms with van der Waals surface area (Å²) in [6.07, 6.45) is 2.18. The number of anilines is 1. The predicted octanol–water partition coefficient (Wildman–Crippen LogP) is 2.93. The van der Waals surface area contributed by atoms with Crippen LogP contribution in [0.25, 0.3) is 10.9 Å². The van der Waals surface area contributed by atoms with Gasteiger partial charge in [-0.1, -0.05) is 6.07 Å². The van der Waals surface area contributed by atoms with Crippen molar-refractivity contribution in [2.45, 2.75) is 38.1 Å². The van der Waals surface area contributed by atoms with Crippen LogP contribution in [0.4, 0.5) is 5.95 Å². The molecule has 3 aromatic rings. The Hall–Kier alpha value is -3.15. The molecule has 8 nitrogen and oxygen atoms in total. The summed E-state index contributed by atoms with van der Waals surface area (Å²) in [5.41, 5.74) is 3.89. The molecule has 2 aromatic heterocycles. The Morgan fingerprint density at radius 3 is 2.61 bits per heavy atom. The molecule has 0 amide bonds. The summed E-state index contributed by atoms with van der Waals surface area (Å²) >= 11 is 0. The number of ketones is 1. The van der Waals surface area contributed by atoms with Crippen LogP contribution < -0.4 is 4.90 Å². The van der Waals surface area contributed by atoms with Crippen molar-refractivity contribution in [2.75, 3.05) is 44.3 Å². The lowest BCUT2D eigenvalue weighted by atomic mass is 9.76. The molecule has 2 N–H and O–H groups in total. The molecule has 0 spiro atoms. The Morgan fingerprint density at radius 1 is 1.12 bits per heavy atom. The Labute approximate surface area is 192 Å². The average Bonchev–Trinajstić information content (AvgIpc) is 3.47. The number of benzene rings is 1. The second kappa shape index (κ2) is 7.44. The molecule has 0 atom stereocenters. The molecule has 0 radical (unpaired) electrons. The first-order valence-corrected chi connectivity index (χ1v) is 11.8. The van der Waals surface area contributed by atoms with Gasteiger partial charge in [0.1, 0.15) is 5.69 Å². The van der Waals surface area contributed by atoms with E-state index in [1.54, 1.807) is 6.07 Å². The number of nitrogens with one attached hydrogen (secondary N) is 2. The van der Waals surface area contributed by atoms with Crippen LogP contribution >= 0.6 is 0 Å². The maximum Gasteiger partial charge on any atom is 0.215 e. The lowest BCUT2D eigenvalue weighted by Crippen LogP contribution is -2.49. The van der Waals surface area contributed by atoms with E-state index in [9.17, 15) is 10.1 Å². The maximum absolute atomic E-state index is 13.6. The number of carbonyl (C=O) groups excluding carboxylic acids is 1. The Bertz CT molecular complexity index is 1280. The van der Waals surface area contributed by atoms with E-state index in [1.807, 2.05) is 12.1 Å². The van der Waals surface area contributed by atoms with Crippen LogP contribution in [0.5, 0.6) is 0 Å². The number of hydrogen-bond donors (Lipinski definition) is 2. The van der Waals surface area contributed by atoms with Crippen molar-refractivity contribution in [1.82, 2.24) is 19.9 Å². The number of nitriles is 1. The van der Waals surface area contributed by atoms with Gasteiger partial charge in [0.25, 0.3) is 0 Å². The van der Waals surface area contributed by atoms with Crippen molar-refractivity contribution in [3.8, 4) is 6.07 Å². The molecular weight excluding hydrogens is 416 g/mol. The van der Waals surface area contributed by atoms with Crippen molar-refractivity contribution >= 4 is 22.6 Å².